The largest absolute Gasteiger partial charge is 0.339 e. The van der Waals surface area contributed by atoms with E-state index in [-0.39, 0.29) is 18.5 Å². The molecule has 2 rings (SSSR count). The van der Waals surface area contributed by atoms with Crippen LogP contribution in [0.3, 0.4) is 0 Å². The molecule has 0 radical (unpaired) electrons. The molecular formula is C16H23BrN4O2. The van der Waals surface area contributed by atoms with Crippen molar-refractivity contribution in [3.63, 3.8) is 0 Å². The van der Waals surface area contributed by atoms with Crippen LogP contribution in [0.5, 0.6) is 0 Å². The Bertz CT molecular complexity index is 540. The molecule has 0 atom stereocenters. The minimum absolute atomic E-state index is 0.0179. The third-order valence-electron chi connectivity index (χ3n) is 3.90. The van der Waals surface area contributed by atoms with E-state index in [4.69, 9.17) is 0 Å². The highest BCUT2D eigenvalue weighted by Gasteiger charge is 2.22. The summed E-state index contributed by atoms with van der Waals surface area (Å²) >= 11 is 3.34. The summed E-state index contributed by atoms with van der Waals surface area (Å²) in [5, 5.41) is 5.31. The number of carbonyl (C=O) groups excluding carboxylic acids is 2. The second-order valence-electron chi connectivity index (χ2n) is 5.83. The van der Waals surface area contributed by atoms with Crippen molar-refractivity contribution in [2.75, 3.05) is 38.0 Å². The molecule has 126 valence electrons. The van der Waals surface area contributed by atoms with Crippen molar-refractivity contribution in [2.24, 2.45) is 0 Å². The standard InChI is InChI=1S/C16H23BrN4O2/c1-12(2)20-7-9-21(10-8-20)15(22)11-18-16(23)19-14-5-3-13(17)4-6-14/h3-6,12H,7-11H2,1-2H3,(H2,18,19,23). The van der Waals surface area contributed by atoms with Gasteiger partial charge in [0.05, 0.1) is 6.54 Å². The molecule has 1 saturated heterocycles. The minimum atomic E-state index is -0.374. The number of benzene rings is 1. The third kappa shape index (κ3) is 5.51. The number of anilines is 1. The maximum atomic E-state index is 12.1. The smallest absolute Gasteiger partial charge is 0.319 e. The summed E-state index contributed by atoms with van der Waals surface area (Å²) in [5.74, 6) is -0.0423. The Labute approximate surface area is 145 Å². The van der Waals surface area contributed by atoms with Gasteiger partial charge in [0.25, 0.3) is 0 Å². The average Bonchev–Trinajstić information content (AvgIpc) is 2.55. The van der Waals surface area contributed by atoms with E-state index in [1.54, 1.807) is 17.0 Å². The molecule has 1 aromatic rings. The molecule has 1 fully saturated rings. The molecular weight excluding hydrogens is 360 g/mol. The third-order valence-corrected chi connectivity index (χ3v) is 4.43. The van der Waals surface area contributed by atoms with Gasteiger partial charge in [0, 0.05) is 42.4 Å². The second kappa shape index (κ2) is 8.31. The van der Waals surface area contributed by atoms with Crippen LogP contribution < -0.4 is 10.6 Å². The van der Waals surface area contributed by atoms with Gasteiger partial charge in [-0.05, 0) is 38.1 Å². The first-order valence-corrected chi connectivity index (χ1v) is 8.57. The lowest BCUT2D eigenvalue weighted by Crippen LogP contribution is -2.52. The molecule has 1 aliphatic heterocycles. The molecule has 0 aliphatic carbocycles. The maximum absolute atomic E-state index is 12.1. The van der Waals surface area contributed by atoms with E-state index < -0.39 is 0 Å². The molecule has 1 heterocycles. The van der Waals surface area contributed by atoms with Crippen LogP contribution >= 0.6 is 15.9 Å². The molecule has 0 bridgehead atoms. The van der Waals surface area contributed by atoms with E-state index in [0.29, 0.717) is 24.8 Å². The zero-order valence-electron chi connectivity index (χ0n) is 13.5. The Hall–Kier alpha value is -1.60. The number of piperazine rings is 1. The topological polar surface area (TPSA) is 64.7 Å². The molecule has 1 aliphatic rings. The molecule has 2 N–H and O–H groups in total. The van der Waals surface area contributed by atoms with Crippen LogP contribution in [0.25, 0.3) is 0 Å². The van der Waals surface area contributed by atoms with Crippen LogP contribution in [-0.2, 0) is 4.79 Å². The van der Waals surface area contributed by atoms with E-state index in [0.717, 1.165) is 17.6 Å². The van der Waals surface area contributed by atoms with Crippen LogP contribution in [0.4, 0.5) is 10.5 Å². The quantitative estimate of drug-likeness (QED) is 0.837. The van der Waals surface area contributed by atoms with Crippen molar-refractivity contribution in [1.82, 2.24) is 15.1 Å². The molecule has 0 unspecified atom stereocenters. The highest BCUT2D eigenvalue weighted by atomic mass is 79.9. The van der Waals surface area contributed by atoms with Gasteiger partial charge >= 0.3 is 6.03 Å². The van der Waals surface area contributed by atoms with Crippen LogP contribution in [0.15, 0.2) is 28.7 Å². The Balaban J connectivity index is 1.72. The number of carbonyl (C=O) groups is 2. The van der Waals surface area contributed by atoms with Gasteiger partial charge in [-0.25, -0.2) is 4.79 Å². The lowest BCUT2D eigenvalue weighted by atomic mass is 10.2. The predicted molar refractivity (Wildman–Crippen MR) is 94.5 cm³/mol. The Kier molecular flexibility index (Phi) is 6.41. The monoisotopic (exact) mass is 382 g/mol. The van der Waals surface area contributed by atoms with Crippen LogP contribution in [0, 0.1) is 0 Å². The van der Waals surface area contributed by atoms with E-state index >= 15 is 0 Å². The first-order valence-electron chi connectivity index (χ1n) is 7.78. The number of rotatable bonds is 4. The van der Waals surface area contributed by atoms with Crippen molar-refractivity contribution >= 4 is 33.6 Å². The summed E-state index contributed by atoms with van der Waals surface area (Å²) in [6, 6.07) is 7.39. The Morgan fingerprint density at radius 2 is 1.74 bits per heavy atom. The average molecular weight is 383 g/mol. The first kappa shape index (κ1) is 17.7. The number of hydrogen-bond donors (Lipinski definition) is 2. The van der Waals surface area contributed by atoms with Crippen molar-refractivity contribution in [2.45, 2.75) is 19.9 Å². The van der Waals surface area contributed by atoms with Gasteiger partial charge in [-0.15, -0.1) is 0 Å². The maximum Gasteiger partial charge on any atom is 0.319 e. The zero-order valence-corrected chi connectivity index (χ0v) is 15.1. The first-order chi connectivity index (χ1) is 11.0. The van der Waals surface area contributed by atoms with Crippen molar-refractivity contribution in [3.05, 3.63) is 28.7 Å². The lowest BCUT2D eigenvalue weighted by molar-refractivity contribution is -0.132. The predicted octanol–water partition coefficient (Wildman–Crippen LogP) is 2.12. The van der Waals surface area contributed by atoms with E-state index in [9.17, 15) is 9.59 Å². The van der Waals surface area contributed by atoms with Crippen LogP contribution in [-0.4, -0.2) is 60.5 Å². The molecule has 0 aromatic heterocycles. The van der Waals surface area contributed by atoms with Gasteiger partial charge in [0.15, 0.2) is 0 Å². The van der Waals surface area contributed by atoms with Crippen LogP contribution in [0.1, 0.15) is 13.8 Å². The summed E-state index contributed by atoms with van der Waals surface area (Å²) in [5.41, 5.74) is 0.684. The number of halogens is 1. The van der Waals surface area contributed by atoms with E-state index in [2.05, 4.69) is 45.3 Å². The molecule has 1 aromatic carbocycles. The number of hydrogen-bond acceptors (Lipinski definition) is 3. The summed E-state index contributed by atoms with van der Waals surface area (Å²) in [7, 11) is 0. The van der Waals surface area contributed by atoms with E-state index in [1.807, 2.05) is 12.1 Å². The SMILES string of the molecule is CC(C)N1CCN(C(=O)CNC(=O)Nc2ccc(Br)cc2)CC1. The van der Waals surface area contributed by atoms with Gasteiger partial charge in [0.2, 0.25) is 5.91 Å². The Morgan fingerprint density at radius 3 is 2.30 bits per heavy atom. The number of urea groups is 1. The second-order valence-corrected chi connectivity index (χ2v) is 6.74. The summed E-state index contributed by atoms with van der Waals surface area (Å²) in [6.07, 6.45) is 0. The number of nitrogens with zero attached hydrogens (tertiary/aromatic N) is 2. The summed E-state index contributed by atoms with van der Waals surface area (Å²) in [4.78, 5) is 28.1. The van der Waals surface area contributed by atoms with Crippen molar-refractivity contribution in [3.8, 4) is 0 Å². The molecule has 0 spiro atoms. The minimum Gasteiger partial charge on any atom is -0.339 e. The number of nitrogens with one attached hydrogen (secondary N) is 2. The fourth-order valence-electron chi connectivity index (χ4n) is 2.46. The van der Waals surface area contributed by atoms with Crippen LogP contribution in [0.2, 0.25) is 0 Å². The molecule has 23 heavy (non-hydrogen) atoms. The highest BCUT2D eigenvalue weighted by molar-refractivity contribution is 9.10. The molecule has 6 nitrogen and oxygen atoms in total. The zero-order chi connectivity index (χ0) is 16.8. The number of amides is 3. The fraction of sp³-hybridized carbons (Fsp3) is 0.500. The summed E-state index contributed by atoms with van der Waals surface area (Å²) in [6.45, 7) is 7.53. The van der Waals surface area contributed by atoms with Gasteiger partial charge < -0.3 is 15.5 Å². The summed E-state index contributed by atoms with van der Waals surface area (Å²) < 4.78 is 0.944. The fourth-order valence-corrected chi connectivity index (χ4v) is 2.73. The Morgan fingerprint density at radius 1 is 1.13 bits per heavy atom. The van der Waals surface area contributed by atoms with Gasteiger partial charge in [-0.1, -0.05) is 15.9 Å². The van der Waals surface area contributed by atoms with Crippen molar-refractivity contribution < 1.29 is 9.59 Å². The highest BCUT2D eigenvalue weighted by Crippen LogP contribution is 2.13. The van der Waals surface area contributed by atoms with Gasteiger partial charge in [-0.2, -0.15) is 0 Å². The van der Waals surface area contributed by atoms with Crippen molar-refractivity contribution in [1.29, 1.82) is 0 Å². The van der Waals surface area contributed by atoms with Gasteiger partial charge in [0.1, 0.15) is 0 Å². The lowest BCUT2D eigenvalue weighted by Gasteiger charge is -2.36. The molecule has 0 saturated carbocycles. The normalized spacial score (nSPS) is 15.6. The molecule has 7 heteroatoms. The van der Waals surface area contributed by atoms with E-state index in [1.165, 1.54) is 0 Å². The molecule has 3 amide bonds. The van der Waals surface area contributed by atoms with Gasteiger partial charge in [-0.3, -0.25) is 9.69 Å².